The lowest BCUT2D eigenvalue weighted by atomic mass is 10.2. The summed E-state index contributed by atoms with van der Waals surface area (Å²) in [5.41, 5.74) is 0.557. The molecule has 5 nitrogen and oxygen atoms in total. The lowest BCUT2D eigenvalue weighted by Gasteiger charge is -2.07. The van der Waals surface area contributed by atoms with Gasteiger partial charge in [-0.15, -0.1) is 0 Å². The largest absolute Gasteiger partial charge is 0.382 e. The van der Waals surface area contributed by atoms with E-state index in [0.29, 0.717) is 18.8 Å². The van der Waals surface area contributed by atoms with Gasteiger partial charge in [0.25, 0.3) is 0 Å². The molecule has 16 heavy (non-hydrogen) atoms. The molecule has 0 unspecified atom stereocenters. The SMILES string of the molecule is COCCOCc1ccccc1S(N)(=O)=O. The molecule has 0 radical (unpaired) electrons. The van der Waals surface area contributed by atoms with Crippen LogP contribution in [0.4, 0.5) is 0 Å². The average molecular weight is 245 g/mol. The van der Waals surface area contributed by atoms with E-state index in [1.54, 1.807) is 25.3 Å². The van der Waals surface area contributed by atoms with Crippen molar-refractivity contribution in [3.63, 3.8) is 0 Å². The van der Waals surface area contributed by atoms with Crippen LogP contribution in [0.1, 0.15) is 5.56 Å². The summed E-state index contributed by atoms with van der Waals surface area (Å²) in [5.74, 6) is 0. The highest BCUT2D eigenvalue weighted by Gasteiger charge is 2.12. The summed E-state index contributed by atoms with van der Waals surface area (Å²) in [7, 11) is -2.12. The molecule has 0 amide bonds. The van der Waals surface area contributed by atoms with Crippen LogP contribution < -0.4 is 5.14 Å². The number of hydrogen-bond acceptors (Lipinski definition) is 4. The molecule has 0 atom stereocenters. The molecule has 6 heteroatoms. The first-order chi connectivity index (χ1) is 7.55. The molecule has 0 aliphatic heterocycles. The van der Waals surface area contributed by atoms with Gasteiger partial charge in [-0.3, -0.25) is 0 Å². The highest BCUT2D eigenvalue weighted by molar-refractivity contribution is 7.89. The summed E-state index contributed by atoms with van der Waals surface area (Å²) in [6.07, 6.45) is 0. The Hall–Kier alpha value is -0.950. The summed E-state index contributed by atoms with van der Waals surface area (Å²) in [4.78, 5) is 0.104. The van der Waals surface area contributed by atoms with Crippen LogP contribution >= 0.6 is 0 Å². The van der Waals surface area contributed by atoms with Gasteiger partial charge in [-0.05, 0) is 11.6 Å². The minimum absolute atomic E-state index is 0.104. The molecule has 90 valence electrons. The third kappa shape index (κ3) is 3.90. The van der Waals surface area contributed by atoms with E-state index in [4.69, 9.17) is 14.6 Å². The van der Waals surface area contributed by atoms with Crippen LogP contribution in [0.2, 0.25) is 0 Å². The van der Waals surface area contributed by atoms with Gasteiger partial charge in [0, 0.05) is 7.11 Å². The van der Waals surface area contributed by atoms with E-state index < -0.39 is 10.0 Å². The first-order valence-electron chi connectivity index (χ1n) is 4.73. The van der Waals surface area contributed by atoms with Gasteiger partial charge in [0.2, 0.25) is 10.0 Å². The van der Waals surface area contributed by atoms with Crippen LogP contribution in [0.25, 0.3) is 0 Å². The van der Waals surface area contributed by atoms with Crippen LogP contribution in [0, 0.1) is 0 Å². The molecule has 0 spiro atoms. The number of hydrogen-bond donors (Lipinski definition) is 1. The number of methoxy groups -OCH3 is 1. The molecule has 0 fully saturated rings. The molecule has 0 aliphatic carbocycles. The zero-order valence-corrected chi connectivity index (χ0v) is 9.87. The maximum atomic E-state index is 11.2. The molecular weight excluding hydrogens is 230 g/mol. The molecule has 1 aromatic rings. The lowest BCUT2D eigenvalue weighted by molar-refractivity contribution is 0.0607. The average Bonchev–Trinajstić information content (AvgIpc) is 2.24. The van der Waals surface area contributed by atoms with Crippen molar-refractivity contribution >= 4 is 10.0 Å². The Labute approximate surface area is 95.2 Å². The smallest absolute Gasteiger partial charge is 0.238 e. The van der Waals surface area contributed by atoms with Crippen LogP contribution in [0.15, 0.2) is 29.2 Å². The van der Waals surface area contributed by atoms with Gasteiger partial charge in [-0.25, -0.2) is 13.6 Å². The van der Waals surface area contributed by atoms with Gasteiger partial charge >= 0.3 is 0 Å². The van der Waals surface area contributed by atoms with E-state index in [2.05, 4.69) is 0 Å². The van der Waals surface area contributed by atoms with Crippen molar-refractivity contribution in [2.45, 2.75) is 11.5 Å². The first kappa shape index (κ1) is 13.1. The highest BCUT2D eigenvalue weighted by atomic mass is 32.2. The molecule has 2 N–H and O–H groups in total. The van der Waals surface area contributed by atoms with Crippen molar-refractivity contribution in [3.05, 3.63) is 29.8 Å². The molecule has 1 aromatic carbocycles. The summed E-state index contributed by atoms with van der Waals surface area (Å²) < 4.78 is 32.5. The van der Waals surface area contributed by atoms with Crippen molar-refractivity contribution in [3.8, 4) is 0 Å². The van der Waals surface area contributed by atoms with Gasteiger partial charge < -0.3 is 9.47 Å². The van der Waals surface area contributed by atoms with E-state index in [1.807, 2.05) is 0 Å². The Balaban J connectivity index is 2.73. The van der Waals surface area contributed by atoms with E-state index in [9.17, 15) is 8.42 Å². The van der Waals surface area contributed by atoms with Gasteiger partial charge in [-0.2, -0.15) is 0 Å². The fourth-order valence-electron chi connectivity index (χ4n) is 1.23. The van der Waals surface area contributed by atoms with E-state index in [1.165, 1.54) is 6.07 Å². The van der Waals surface area contributed by atoms with Crippen LogP contribution in [-0.4, -0.2) is 28.7 Å². The quantitative estimate of drug-likeness (QED) is 0.740. The molecular formula is C10H15NO4S. The Bertz CT molecular complexity index is 430. The standard InChI is InChI=1S/C10H15NO4S/c1-14-6-7-15-8-9-4-2-3-5-10(9)16(11,12)13/h2-5H,6-8H2,1H3,(H2,11,12,13). The van der Waals surface area contributed by atoms with Crippen molar-refractivity contribution in [1.29, 1.82) is 0 Å². The van der Waals surface area contributed by atoms with Gasteiger partial charge in [-0.1, -0.05) is 18.2 Å². The fraction of sp³-hybridized carbons (Fsp3) is 0.400. The van der Waals surface area contributed by atoms with Crippen LogP contribution in [-0.2, 0) is 26.1 Å². The highest BCUT2D eigenvalue weighted by Crippen LogP contribution is 2.14. The molecule has 0 bridgehead atoms. The Morgan fingerprint density at radius 3 is 2.56 bits per heavy atom. The predicted molar refractivity (Wildman–Crippen MR) is 59.3 cm³/mol. The second-order valence-corrected chi connectivity index (χ2v) is 4.73. The molecule has 0 aromatic heterocycles. The Kier molecular flexibility index (Phi) is 4.88. The monoisotopic (exact) mass is 245 g/mol. The number of sulfonamides is 1. The maximum absolute atomic E-state index is 11.2. The number of rotatable bonds is 6. The molecule has 0 saturated heterocycles. The Morgan fingerprint density at radius 2 is 1.94 bits per heavy atom. The zero-order chi connectivity index (χ0) is 12.0. The number of ether oxygens (including phenoxy) is 2. The summed E-state index contributed by atoms with van der Waals surface area (Å²) in [6.45, 7) is 1.09. The summed E-state index contributed by atoms with van der Waals surface area (Å²) >= 11 is 0. The topological polar surface area (TPSA) is 78.6 Å². The third-order valence-electron chi connectivity index (χ3n) is 1.97. The number of primary sulfonamides is 1. The minimum Gasteiger partial charge on any atom is -0.382 e. The summed E-state index contributed by atoms with van der Waals surface area (Å²) in [6, 6.07) is 6.50. The van der Waals surface area contributed by atoms with E-state index >= 15 is 0 Å². The minimum atomic E-state index is -3.69. The number of benzene rings is 1. The van der Waals surface area contributed by atoms with Gasteiger partial charge in [0.1, 0.15) is 0 Å². The van der Waals surface area contributed by atoms with Crippen LogP contribution in [0.3, 0.4) is 0 Å². The molecule has 0 aliphatic rings. The zero-order valence-electron chi connectivity index (χ0n) is 9.05. The van der Waals surface area contributed by atoms with Crippen LogP contribution in [0.5, 0.6) is 0 Å². The summed E-state index contributed by atoms with van der Waals surface area (Å²) in [5, 5.41) is 5.08. The van der Waals surface area contributed by atoms with Crippen molar-refractivity contribution in [1.82, 2.24) is 0 Å². The third-order valence-corrected chi connectivity index (χ3v) is 2.98. The van der Waals surface area contributed by atoms with E-state index in [0.717, 1.165) is 0 Å². The second-order valence-electron chi connectivity index (χ2n) is 3.20. The van der Waals surface area contributed by atoms with Crippen molar-refractivity contribution in [2.24, 2.45) is 5.14 Å². The molecule has 0 heterocycles. The van der Waals surface area contributed by atoms with Crippen molar-refractivity contribution in [2.75, 3.05) is 20.3 Å². The van der Waals surface area contributed by atoms with Crippen molar-refractivity contribution < 1.29 is 17.9 Å². The second kappa shape index (κ2) is 5.95. The maximum Gasteiger partial charge on any atom is 0.238 e. The van der Waals surface area contributed by atoms with E-state index in [-0.39, 0.29) is 11.5 Å². The normalized spacial score (nSPS) is 11.6. The van der Waals surface area contributed by atoms with Gasteiger partial charge in [0.05, 0.1) is 24.7 Å². The Morgan fingerprint density at radius 1 is 1.25 bits per heavy atom. The molecule has 1 rings (SSSR count). The molecule has 0 saturated carbocycles. The number of nitrogens with two attached hydrogens (primary N) is 1. The van der Waals surface area contributed by atoms with Gasteiger partial charge in [0.15, 0.2) is 0 Å². The predicted octanol–water partition coefficient (Wildman–Crippen LogP) is 0.497. The fourth-order valence-corrected chi connectivity index (χ4v) is 1.99. The first-order valence-corrected chi connectivity index (χ1v) is 6.27. The lowest BCUT2D eigenvalue weighted by Crippen LogP contribution is -2.15.